The summed E-state index contributed by atoms with van der Waals surface area (Å²) < 4.78 is 21.6. The Morgan fingerprint density at radius 2 is 1.60 bits per heavy atom. The predicted molar refractivity (Wildman–Crippen MR) is 63.1 cm³/mol. The summed E-state index contributed by atoms with van der Waals surface area (Å²) in [7, 11) is -3.38. The number of sulfonamides is 1. The van der Waals surface area contributed by atoms with Gasteiger partial charge in [0.1, 0.15) is 0 Å². The number of hydrazine groups is 1. The van der Waals surface area contributed by atoms with Crippen molar-refractivity contribution in [3.05, 3.63) is 27.2 Å². The Morgan fingerprint density at radius 1 is 1.13 bits per heavy atom. The molecule has 0 spiro atoms. The average Bonchev–Trinajstić information content (AvgIpc) is 1.99. The zero-order valence-corrected chi connectivity index (χ0v) is 10.6. The van der Waals surface area contributed by atoms with Crippen LogP contribution in [0.2, 0.25) is 15.1 Å². The van der Waals surface area contributed by atoms with Gasteiger partial charge in [0, 0.05) is 5.02 Å². The maximum atomic E-state index is 10.8. The number of hydrogen-bond donors (Lipinski definition) is 2. The van der Waals surface area contributed by atoms with Crippen LogP contribution in [0.5, 0.6) is 0 Å². The van der Waals surface area contributed by atoms with Gasteiger partial charge in [-0.15, -0.1) is 4.83 Å². The Morgan fingerprint density at radius 3 is 2.00 bits per heavy atom. The molecule has 1 aromatic carbocycles. The van der Waals surface area contributed by atoms with Gasteiger partial charge in [0.15, 0.2) is 0 Å². The lowest BCUT2D eigenvalue weighted by Gasteiger charge is -2.10. The molecule has 1 rings (SSSR count). The van der Waals surface area contributed by atoms with E-state index < -0.39 is 10.0 Å². The van der Waals surface area contributed by atoms with Gasteiger partial charge in [-0.25, -0.2) is 8.42 Å². The van der Waals surface area contributed by atoms with Crippen molar-refractivity contribution in [3.63, 3.8) is 0 Å². The van der Waals surface area contributed by atoms with E-state index in [0.29, 0.717) is 5.02 Å². The summed E-state index contributed by atoms with van der Waals surface area (Å²) >= 11 is 17.3. The molecule has 1 aromatic rings. The van der Waals surface area contributed by atoms with Crippen molar-refractivity contribution in [1.82, 2.24) is 4.83 Å². The molecule has 0 fully saturated rings. The highest BCUT2D eigenvalue weighted by atomic mass is 35.5. The van der Waals surface area contributed by atoms with Crippen molar-refractivity contribution in [1.29, 1.82) is 0 Å². The van der Waals surface area contributed by atoms with E-state index in [-0.39, 0.29) is 15.7 Å². The molecule has 84 valence electrons. The van der Waals surface area contributed by atoms with Gasteiger partial charge in [-0.05, 0) is 12.1 Å². The van der Waals surface area contributed by atoms with E-state index in [0.717, 1.165) is 6.26 Å². The van der Waals surface area contributed by atoms with E-state index in [1.165, 1.54) is 12.1 Å². The molecule has 0 amide bonds. The van der Waals surface area contributed by atoms with Crippen molar-refractivity contribution in [2.24, 2.45) is 0 Å². The van der Waals surface area contributed by atoms with Gasteiger partial charge < -0.3 is 5.43 Å². The van der Waals surface area contributed by atoms with E-state index in [4.69, 9.17) is 34.8 Å². The molecule has 2 N–H and O–H groups in total. The van der Waals surface area contributed by atoms with Crippen LogP contribution in [0.4, 0.5) is 5.69 Å². The van der Waals surface area contributed by atoms with Crippen LogP contribution in [0.1, 0.15) is 0 Å². The smallest absolute Gasteiger partial charge is 0.225 e. The second-order valence-electron chi connectivity index (χ2n) is 2.74. The fourth-order valence-corrected chi connectivity index (χ4v) is 2.00. The highest BCUT2D eigenvalue weighted by Gasteiger charge is 2.09. The third-order valence-corrected chi connectivity index (χ3v) is 2.66. The van der Waals surface area contributed by atoms with E-state index in [1.807, 2.05) is 4.83 Å². The molecule has 0 aromatic heterocycles. The van der Waals surface area contributed by atoms with Gasteiger partial charge in [0.2, 0.25) is 10.0 Å². The standard InChI is InChI=1S/C7H7Cl3N2O2S/c1-15(13,14)12-11-7-5(9)2-4(8)3-6(7)10/h2-3,11-12H,1H3. The third kappa shape index (κ3) is 4.04. The van der Waals surface area contributed by atoms with Gasteiger partial charge in [-0.1, -0.05) is 34.8 Å². The van der Waals surface area contributed by atoms with Crippen molar-refractivity contribution in [3.8, 4) is 0 Å². The van der Waals surface area contributed by atoms with Gasteiger partial charge in [0.05, 0.1) is 22.0 Å². The van der Waals surface area contributed by atoms with Crippen LogP contribution >= 0.6 is 34.8 Å². The van der Waals surface area contributed by atoms with E-state index >= 15 is 0 Å². The summed E-state index contributed by atoms with van der Waals surface area (Å²) in [5, 5.41) is 0.821. The Balaban J connectivity index is 2.96. The number of hydrogen-bond acceptors (Lipinski definition) is 3. The molecule has 0 aliphatic carbocycles. The van der Waals surface area contributed by atoms with Gasteiger partial charge in [-0.3, -0.25) is 0 Å². The minimum absolute atomic E-state index is 0.226. The van der Waals surface area contributed by atoms with E-state index in [9.17, 15) is 8.42 Å². The first-order valence-electron chi connectivity index (χ1n) is 3.67. The maximum absolute atomic E-state index is 10.8. The number of rotatable bonds is 3. The molecule has 0 bridgehead atoms. The molecule has 0 radical (unpaired) electrons. The Kier molecular flexibility index (Phi) is 4.08. The molecule has 8 heteroatoms. The van der Waals surface area contributed by atoms with Crippen molar-refractivity contribution in [2.45, 2.75) is 0 Å². The quantitative estimate of drug-likeness (QED) is 0.841. The molecule has 0 unspecified atom stereocenters. The van der Waals surface area contributed by atoms with Crippen LogP contribution in [0.3, 0.4) is 0 Å². The summed E-state index contributed by atoms with van der Waals surface area (Å²) in [6.45, 7) is 0. The maximum Gasteiger partial charge on any atom is 0.225 e. The topological polar surface area (TPSA) is 58.2 Å². The summed E-state index contributed by atoms with van der Waals surface area (Å²) in [6, 6.07) is 2.89. The van der Waals surface area contributed by atoms with E-state index in [2.05, 4.69) is 5.43 Å². The van der Waals surface area contributed by atoms with Crippen molar-refractivity contribution >= 4 is 50.5 Å². The lowest BCUT2D eigenvalue weighted by atomic mass is 10.3. The molecule has 0 saturated carbocycles. The Labute approximate surface area is 103 Å². The zero-order chi connectivity index (χ0) is 11.6. The second-order valence-corrected chi connectivity index (χ2v) is 5.74. The number of halogens is 3. The Bertz CT molecular complexity index is 452. The monoisotopic (exact) mass is 288 g/mol. The molecule has 0 atom stereocenters. The molecule has 15 heavy (non-hydrogen) atoms. The highest BCUT2D eigenvalue weighted by molar-refractivity contribution is 7.88. The fourth-order valence-electron chi connectivity index (χ4n) is 0.805. The molecule has 0 saturated heterocycles. The van der Waals surface area contributed by atoms with Crippen LogP contribution < -0.4 is 10.3 Å². The molecular weight excluding hydrogens is 283 g/mol. The van der Waals surface area contributed by atoms with Crippen LogP contribution in [-0.4, -0.2) is 14.7 Å². The zero-order valence-electron chi connectivity index (χ0n) is 7.51. The molecule has 4 nitrogen and oxygen atoms in total. The van der Waals surface area contributed by atoms with Crippen LogP contribution in [0, 0.1) is 0 Å². The fraction of sp³-hybridized carbons (Fsp3) is 0.143. The summed E-state index contributed by atoms with van der Waals surface area (Å²) in [5.74, 6) is 0. The lowest BCUT2D eigenvalue weighted by Crippen LogP contribution is -2.28. The van der Waals surface area contributed by atoms with Gasteiger partial charge in [-0.2, -0.15) is 0 Å². The van der Waals surface area contributed by atoms with Crippen LogP contribution in [0.15, 0.2) is 12.1 Å². The van der Waals surface area contributed by atoms with Gasteiger partial charge >= 0.3 is 0 Å². The minimum atomic E-state index is -3.38. The van der Waals surface area contributed by atoms with Crippen molar-refractivity contribution in [2.75, 3.05) is 11.7 Å². The van der Waals surface area contributed by atoms with E-state index in [1.54, 1.807) is 0 Å². The molecule has 0 aliphatic heterocycles. The second kappa shape index (κ2) is 4.76. The highest BCUT2D eigenvalue weighted by Crippen LogP contribution is 2.33. The first-order valence-corrected chi connectivity index (χ1v) is 6.69. The molecule has 0 aliphatic rings. The number of anilines is 1. The van der Waals surface area contributed by atoms with Crippen molar-refractivity contribution < 1.29 is 8.42 Å². The normalized spacial score (nSPS) is 11.5. The number of benzene rings is 1. The summed E-state index contributed by atoms with van der Waals surface area (Å²) in [5.41, 5.74) is 2.65. The summed E-state index contributed by atoms with van der Waals surface area (Å²) in [6.07, 6.45) is 0.998. The summed E-state index contributed by atoms with van der Waals surface area (Å²) in [4.78, 5) is 2.05. The molecular formula is C7H7Cl3N2O2S. The predicted octanol–water partition coefficient (Wildman–Crippen LogP) is 2.52. The lowest BCUT2D eigenvalue weighted by molar-refractivity contribution is 0.594. The number of nitrogens with one attached hydrogen (secondary N) is 2. The Hall–Kier alpha value is -0.200. The van der Waals surface area contributed by atoms with Gasteiger partial charge in [0.25, 0.3) is 0 Å². The van der Waals surface area contributed by atoms with Crippen LogP contribution in [0.25, 0.3) is 0 Å². The largest absolute Gasteiger partial charge is 0.305 e. The molecule has 0 heterocycles. The third-order valence-electron chi connectivity index (χ3n) is 1.37. The van der Waals surface area contributed by atoms with Crippen LogP contribution in [-0.2, 0) is 10.0 Å². The SMILES string of the molecule is CS(=O)(=O)NNc1c(Cl)cc(Cl)cc1Cl. The first-order chi connectivity index (χ1) is 6.79. The first kappa shape index (κ1) is 12.9. The average molecular weight is 290 g/mol. The minimum Gasteiger partial charge on any atom is -0.305 e.